The SMILES string of the molecule is Cc1nnc(CN=C(NCc2cccs2)NC2CCCN(c3ccccc3C#N)C2)n1C. The largest absolute Gasteiger partial charge is 0.368 e. The van der Waals surface area contributed by atoms with Crippen LogP contribution in [0.5, 0.6) is 0 Å². The van der Waals surface area contributed by atoms with Crippen LogP contribution in [0.4, 0.5) is 5.69 Å². The van der Waals surface area contributed by atoms with Crippen molar-refractivity contribution in [2.45, 2.75) is 38.9 Å². The number of para-hydroxylation sites is 1. The van der Waals surface area contributed by atoms with E-state index in [4.69, 9.17) is 4.99 Å². The third kappa shape index (κ3) is 5.26. The third-order valence-corrected chi connectivity index (χ3v) is 6.58. The molecule has 2 aromatic heterocycles. The van der Waals surface area contributed by atoms with E-state index in [1.807, 2.05) is 42.8 Å². The lowest BCUT2D eigenvalue weighted by molar-refractivity contribution is 0.467. The van der Waals surface area contributed by atoms with Gasteiger partial charge in [-0.25, -0.2) is 4.99 Å². The molecule has 3 aromatic rings. The fourth-order valence-electron chi connectivity index (χ4n) is 3.83. The molecular weight excluding hydrogens is 420 g/mol. The molecule has 32 heavy (non-hydrogen) atoms. The van der Waals surface area contributed by atoms with Crippen molar-refractivity contribution in [1.82, 2.24) is 25.4 Å². The minimum atomic E-state index is 0.228. The van der Waals surface area contributed by atoms with E-state index >= 15 is 0 Å². The van der Waals surface area contributed by atoms with Crippen molar-refractivity contribution in [2.75, 3.05) is 18.0 Å². The Balaban J connectivity index is 1.47. The predicted octanol–water partition coefficient (Wildman–Crippen LogP) is 2.96. The van der Waals surface area contributed by atoms with Crippen molar-refractivity contribution in [3.63, 3.8) is 0 Å². The van der Waals surface area contributed by atoms with Gasteiger partial charge in [-0.05, 0) is 43.3 Å². The average molecular weight is 449 g/mol. The van der Waals surface area contributed by atoms with Gasteiger partial charge in [-0.3, -0.25) is 0 Å². The monoisotopic (exact) mass is 448 g/mol. The summed E-state index contributed by atoms with van der Waals surface area (Å²) in [4.78, 5) is 8.34. The molecule has 1 aromatic carbocycles. The minimum Gasteiger partial charge on any atom is -0.368 e. The van der Waals surface area contributed by atoms with Crippen LogP contribution in [-0.2, 0) is 20.1 Å². The van der Waals surface area contributed by atoms with Gasteiger partial charge in [0.2, 0.25) is 0 Å². The molecular formula is C23H28N8S. The number of rotatable bonds is 6. The third-order valence-electron chi connectivity index (χ3n) is 5.70. The van der Waals surface area contributed by atoms with Gasteiger partial charge in [0.25, 0.3) is 0 Å². The van der Waals surface area contributed by atoms with Crippen LogP contribution in [0.3, 0.4) is 0 Å². The van der Waals surface area contributed by atoms with Gasteiger partial charge in [-0.15, -0.1) is 21.5 Å². The number of hydrogen-bond acceptors (Lipinski definition) is 6. The maximum atomic E-state index is 9.49. The Morgan fingerprint density at radius 2 is 2.16 bits per heavy atom. The number of aryl methyl sites for hydroxylation is 1. The van der Waals surface area contributed by atoms with Crippen molar-refractivity contribution in [1.29, 1.82) is 5.26 Å². The molecule has 0 amide bonds. The second-order valence-corrected chi connectivity index (χ2v) is 8.91. The average Bonchev–Trinajstić information content (AvgIpc) is 3.46. The number of anilines is 1. The van der Waals surface area contributed by atoms with Crippen molar-refractivity contribution < 1.29 is 0 Å². The Hall–Kier alpha value is -3.38. The van der Waals surface area contributed by atoms with Crippen LogP contribution in [0.15, 0.2) is 46.8 Å². The quantitative estimate of drug-likeness (QED) is 0.445. The van der Waals surface area contributed by atoms with E-state index in [1.54, 1.807) is 11.3 Å². The van der Waals surface area contributed by atoms with E-state index < -0.39 is 0 Å². The summed E-state index contributed by atoms with van der Waals surface area (Å²) in [5.74, 6) is 2.46. The number of thiophene rings is 1. The summed E-state index contributed by atoms with van der Waals surface area (Å²) >= 11 is 1.72. The Morgan fingerprint density at radius 1 is 1.28 bits per heavy atom. The van der Waals surface area contributed by atoms with E-state index in [0.717, 1.165) is 61.3 Å². The Morgan fingerprint density at radius 3 is 2.91 bits per heavy atom. The highest BCUT2D eigenvalue weighted by Crippen LogP contribution is 2.23. The van der Waals surface area contributed by atoms with Crippen LogP contribution in [0.2, 0.25) is 0 Å². The minimum absolute atomic E-state index is 0.228. The molecule has 1 saturated heterocycles. The summed E-state index contributed by atoms with van der Waals surface area (Å²) < 4.78 is 1.96. The van der Waals surface area contributed by atoms with Crippen LogP contribution in [0, 0.1) is 18.3 Å². The van der Waals surface area contributed by atoms with Gasteiger partial charge in [-0.1, -0.05) is 18.2 Å². The summed E-state index contributed by atoms with van der Waals surface area (Å²) in [6.07, 6.45) is 2.10. The molecule has 2 N–H and O–H groups in total. The second-order valence-electron chi connectivity index (χ2n) is 7.88. The number of aliphatic imine (C=N–C) groups is 1. The van der Waals surface area contributed by atoms with E-state index in [1.165, 1.54) is 4.88 Å². The summed E-state index contributed by atoms with van der Waals surface area (Å²) in [5, 5.41) is 27.0. The number of nitriles is 1. The number of nitrogens with zero attached hydrogens (tertiary/aromatic N) is 6. The van der Waals surface area contributed by atoms with Crippen molar-refractivity contribution in [2.24, 2.45) is 12.0 Å². The molecule has 166 valence electrons. The van der Waals surface area contributed by atoms with Crippen LogP contribution in [-0.4, -0.2) is 39.9 Å². The first-order valence-corrected chi connectivity index (χ1v) is 11.7. The number of guanidine groups is 1. The maximum Gasteiger partial charge on any atom is 0.192 e. The first-order valence-electron chi connectivity index (χ1n) is 10.8. The van der Waals surface area contributed by atoms with Gasteiger partial charge in [0.05, 0.1) is 17.8 Å². The number of hydrogen-bond donors (Lipinski definition) is 2. The smallest absolute Gasteiger partial charge is 0.192 e. The van der Waals surface area contributed by atoms with Gasteiger partial charge in [-0.2, -0.15) is 5.26 Å². The fourth-order valence-corrected chi connectivity index (χ4v) is 4.47. The lowest BCUT2D eigenvalue weighted by Gasteiger charge is -2.35. The molecule has 1 aliphatic rings. The van der Waals surface area contributed by atoms with E-state index in [-0.39, 0.29) is 6.04 Å². The molecule has 0 bridgehead atoms. The molecule has 3 heterocycles. The summed E-state index contributed by atoms with van der Waals surface area (Å²) in [6, 6.07) is 14.5. The molecule has 1 aliphatic heterocycles. The zero-order valence-electron chi connectivity index (χ0n) is 18.5. The second kappa shape index (κ2) is 10.3. The molecule has 0 spiro atoms. The lowest BCUT2D eigenvalue weighted by Crippen LogP contribution is -2.51. The first kappa shape index (κ1) is 21.8. The highest BCUT2D eigenvalue weighted by molar-refractivity contribution is 7.09. The van der Waals surface area contributed by atoms with Crippen molar-refractivity contribution in [3.05, 3.63) is 63.9 Å². The summed E-state index contributed by atoms with van der Waals surface area (Å²) in [7, 11) is 1.96. The molecule has 9 heteroatoms. The zero-order valence-corrected chi connectivity index (χ0v) is 19.3. The first-order chi connectivity index (χ1) is 15.6. The molecule has 0 radical (unpaired) electrons. The van der Waals surface area contributed by atoms with Crippen molar-refractivity contribution in [3.8, 4) is 6.07 Å². The summed E-state index contributed by atoms with van der Waals surface area (Å²) in [6.45, 7) is 4.87. The number of aromatic nitrogens is 3. The maximum absolute atomic E-state index is 9.49. The van der Waals surface area contributed by atoms with Gasteiger partial charge in [0, 0.05) is 31.1 Å². The molecule has 4 rings (SSSR count). The van der Waals surface area contributed by atoms with Crippen LogP contribution in [0.1, 0.15) is 34.9 Å². The standard InChI is InChI=1S/C23H28N8S/c1-17-28-29-22(30(17)2)15-26-23(25-14-20-9-6-12-32-20)27-19-8-5-11-31(16-19)21-10-4-3-7-18(21)13-24/h3-4,6-7,9-10,12,19H,5,8,11,14-16H2,1-2H3,(H2,25,26,27). The van der Waals surface area contributed by atoms with Crippen LogP contribution < -0.4 is 15.5 Å². The highest BCUT2D eigenvalue weighted by atomic mass is 32.1. The van der Waals surface area contributed by atoms with Crippen molar-refractivity contribution >= 4 is 23.0 Å². The van der Waals surface area contributed by atoms with E-state index in [9.17, 15) is 5.26 Å². The number of benzene rings is 1. The number of piperidine rings is 1. The Bertz CT molecular complexity index is 1100. The molecule has 8 nitrogen and oxygen atoms in total. The summed E-state index contributed by atoms with van der Waals surface area (Å²) in [5.41, 5.74) is 1.72. The van der Waals surface area contributed by atoms with Gasteiger partial charge in [0.15, 0.2) is 11.8 Å². The topological polar surface area (TPSA) is 94.2 Å². The molecule has 0 saturated carbocycles. The van der Waals surface area contributed by atoms with E-state index in [2.05, 4.69) is 49.3 Å². The lowest BCUT2D eigenvalue weighted by atomic mass is 10.0. The predicted molar refractivity (Wildman–Crippen MR) is 128 cm³/mol. The normalized spacial score (nSPS) is 16.6. The molecule has 0 aliphatic carbocycles. The Labute approximate surface area is 192 Å². The molecule has 1 fully saturated rings. The van der Waals surface area contributed by atoms with Gasteiger partial charge < -0.3 is 20.1 Å². The fraction of sp³-hybridized carbons (Fsp3) is 0.391. The number of nitrogens with one attached hydrogen (secondary N) is 2. The highest BCUT2D eigenvalue weighted by Gasteiger charge is 2.22. The molecule has 1 unspecified atom stereocenters. The molecule has 1 atom stereocenters. The van der Waals surface area contributed by atoms with Gasteiger partial charge in [0.1, 0.15) is 18.4 Å². The van der Waals surface area contributed by atoms with E-state index in [0.29, 0.717) is 6.54 Å². The van der Waals surface area contributed by atoms with Gasteiger partial charge >= 0.3 is 0 Å². The van der Waals surface area contributed by atoms with Crippen LogP contribution in [0.25, 0.3) is 0 Å². The Kier molecular flexibility index (Phi) is 7.02. The van der Waals surface area contributed by atoms with Crippen LogP contribution >= 0.6 is 11.3 Å². The zero-order chi connectivity index (χ0) is 22.3.